The average Bonchev–Trinajstić information content (AvgIpc) is 3.26. The average molecular weight is 525 g/mol. The fourth-order valence-corrected chi connectivity index (χ4v) is 6.73. The van der Waals surface area contributed by atoms with Crippen molar-refractivity contribution in [1.29, 1.82) is 0 Å². The van der Waals surface area contributed by atoms with Gasteiger partial charge >= 0.3 is 0 Å². The van der Waals surface area contributed by atoms with Crippen LogP contribution in [0.15, 0.2) is 40.8 Å². The standard InChI is InChI=1S/C23H22Cl2N2O4S2/c1-22(16-6-17(24)8-18(25)7-16)9-20(26-32-22)14-3-4-19-15(5-14)10-31-23(19)12-27(13-23)21(28)11-33(2,29)30/h3-8H,9-13H2,1-2H3. The van der Waals surface area contributed by atoms with Crippen molar-refractivity contribution < 1.29 is 17.9 Å². The largest absolute Gasteiger partial charge is 0.362 e. The Bertz CT molecular complexity index is 1290. The van der Waals surface area contributed by atoms with Crippen molar-refractivity contribution >= 4 is 56.6 Å². The van der Waals surface area contributed by atoms with E-state index in [0.717, 1.165) is 40.6 Å². The molecule has 1 saturated heterocycles. The van der Waals surface area contributed by atoms with Gasteiger partial charge in [0, 0.05) is 22.7 Å². The SMILES string of the molecule is CC1(c2cc(Cl)cc(Cl)c2)CC(c2ccc3c(c2)COC32CN(C(=O)CS(C)(=O)=O)C2)=NS1. The fraction of sp³-hybridized carbons (Fsp3) is 0.391. The summed E-state index contributed by atoms with van der Waals surface area (Å²) in [6, 6.07) is 11.8. The van der Waals surface area contributed by atoms with Crippen molar-refractivity contribution in [3.05, 3.63) is 68.7 Å². The molecule has 10 heteroatoms. The molecule has 0 bridgehead atoms. The van der Waals surface area contributed by atoms with Crippen molar-refractivity contribution in [2.24, 2.45) is 4.40 Å². The molecular formula is C23H22Cl2N2O4S2. The van der Waals surface area contributed by atoms with Gasteiger partial charge in [-0.05, 0) is 65.4 Å². The van der Waals surface area contributed by atoms with Crippen molar-refractivity contribution in [1.82, 2.24) is 4.90 Å². The lowest BCUT2D eigenvalue weighted by atomic mass is 9.84. The molecule has 3 aliphatic rings. The predicted molar refractivity (Wildman–Crippen MR) is 132 cm³/mol. The minimum absolute atomic E-state index is 0.255. The first-order valence-electron chi connectivity index (χ1n) is 10.4. The number of halogens is 2. The highest BCUT2D eigenvalue weighted by atomic mass is 35.5. The molecule has 5 rings (SSSR count). The highest BCUT2D eigenvalue weighted by Gasteiger charge is 2.52. The molecule has 174 valence electrons. The smallest absolute Gasteiger partial charge is 0.237 e. The van der Waals surface area contributed by atoms with Crippen LogP contribution in [0.4, 0.5) is 0 Å². The van der Waals surface area contributed by atoms with Crippen LogP contribution in [-0.4, -0.2) is 50.0 Å². The first-order valence-corrected chi connectivity index (χ1v) is 14.0. The van der Waals surface area contributed by atoms with Crippen LogP contribution in [0, 0.1) is 0 Å². The van der Waals surface area contributed by atoms with E-state index in [2.05, 4.69) is 19.1 Å². The van der Waals surface area contributed by atoms with Gasteiger partial charge in [0.15, 0.2) is 9.84 Å². The number of rotatable bonds is 4. The van der Waals surface area contributed by atoms with E-state index in [1.807, 2.05) is 18.2 Å². The van der Waals surface area contributed by atoms with Crippen LogP contribution < -0.4 is 0 Å². The zero-order chi connectivity index (χ0) is 23.6. The molecule has 1 unspecified atom stereocenters. The Labute approximate surface area is 207 Å². The number of hydrogen-bond acceptors (Lipinski definition) is 6. The van der Waals surface area contributed by atoms with Gasteiger partial charge in [-0.25, -0.2) is 12.8 Å². The molecule has 2 aromatic rings. The van der Waals surface area contributed by atoms with Crippen LogP contribution in [0.3, 0.4) is 0 Å². The fourth-order valence-electron chi connectivity index (χ4n) is 4.66. The maximum absolute atomic E-state index is 12.2. The molecule has 3 aliphatic heterocycles. The molecule has 0 aliphatic carbocycles. The van der Waals surface area contributed by atoms with Gasteiger partial charge in [-0.1, -0.05) is 35.3 Å². The Balaban J connectivity index is 1.31. The Hall–Kier alpha value is -1.58. The third kappa shape index (κ3) is 4.32. The quantitative estimate of drug-likeness (QED) is 0.555. The van der Waals surface area contributed by atoms with E-state index in [0.29, 0.717) is 29.7 Å². The third-order valence-electron chi connectivity index (χ3n) is 6.40. The van der Waals surface area contributed by atoms with E-state index in [1.54, 1.807) is 11.0 Å². The van der Waals surface area contributed by atoms with Crippen LogP contribution in [-0.2, 0) is 36.3 Å². The van der Waals surface area contributed by atoms with Gasteiger partial charge in [0.2, 0.25) is 5.91 Å². The summed E-state index contributed by atoms with van der Waals surface area (Å²) in [6.45, 7) is 3.34. The Morgan fingerprint density at radius 1 is 1.18 bits per heavy atom. The summed E-state index contributed by atoms with van der Waals surface area (Å²) in [4.78, 5) is 13.7. The van der Waals surface area contributed by atoms with Gasteiger partial charge in [0.25, 0.3) is 0 Å². The van der Waals surface area contributed by atoms with Gasteiger partial charge in [0.1, 0.15) is 11.4 Å². The number of benzene rings is 2. The van der Waals surface area contributed by atoms with Crippen molar-refractivity contribution in [2.45, 2.75) is 30.3 Å². The van der Waals surface area contributed by atoms with E-state index >= 15 is 0 Å². The number of amides is 1. The van der Waals surface area contributed by atoms with Crippen LogP contribution in [0.5, 0.6) is 0 Å². The first-order chi connectivity index (χ1) is 15.5. The van der Waals surface area contributed by atoms with Crippen molar-refractivity contribution in [3.8, 4) is 0 Å². The summed E-state index contributed by atoms with van der Waals surface area (Å²) < 4.78 is 33.4. The first kappa shape index (κ1) is 23.2. The molecule has 3 heterocycles. The molecule has 2 aromatic carbocycles. The summed E-state index contributed by atoms with van der Waals surface area (Å²) >= 11 is 14.0. The topological polar surface area (TPSA) is 76.0 Å². The molecular weight excluding hydrogens is 503 g/mol. The number of ether oxygens (including phenoxy) is 1. The normalized spacial score (nSPS) is 23.4. The second-order valence-electron chi connectivity index (χ2n) is 9.17. The Morgan fingerprint density at radius 3 is 2.55 bits per heavy atom. The Morgan fingerprint density at radius 2 is 1.88 bits per heavy atom. The molecule has 1 fully saturated rings. The maximum Gasteiger partial charge on any atom is 0.237 e. The molecule has 1 atom stereocenters. The van der Waals surface area contributed by atoms with Crippen LogP contribution >= 0.6 is 35.1 Å². The molecule has 33 heavy (non-hydrogen) atoms. The number of likely N-dealkylation sites (tertiary alicyclic amines) is 1. The number of sulfone groups is 1. The molecule has 1 amide bonds. The van der Waals surface area contributed by atoms with E-state index in [1.165, 1.54) is 11.9 Å². The van der Waals surface area contributed by atoms with Gasteiger partial charge in [0.05, 0.1) is 30.2 Å². The van der Waals surface area contributed by atoms with Gasteiger partial charge in [-0.2, -0.15) is 0 Å². The number of nitrogens with zero attached hydrogens (tertiary/aromatic N) is 2. The zero-order valence-electron chi connectivity index (χ0n) is 18.1. The number of carbonyl (C=O) groups excluding carboxylic acids is 1. The summed E-state index contributed by atoms with van der Waals surface area (Å²) in [5.74, 6) is -0.849. The highest BCUT2D eigenvalue weighted by molar-refractivity contribution is 7.99. The van der Waals surface area contributed by atoms with Crippen molar-refractivity contribution in [3.63, 3.8) is 0 Å². The second-order valence-corrected chi connectivity index (χ2v) is 13.4. The van der Waals surface area contributed by atoms with Crippen LogP contribution in [0.1, 0.15) is 35.6 Å². The summed E-state index contributed by atoms with van der Waals surface area (Å²) in [7, 11) is -3.35. The predicted octanol–water partition coefficient (Wildman–Crippen LogP) is 4.36. The number of fused-ring (bicyclic) bond motifs is 2. The van der Waals surface area contributed by atoms with Crippen LogP contribution in [0.2, 0.25) is 10.0 Å². The lowest BCUT2D eigenvalue weighted by molar-refractivity contribution is -0.166. The monoisotopic (exact) mass is 524 g/mol. The molecule has 0 aromatic heterocycles. The van der Waals surface area contributed by atoms with Crippen LogP contribution in [0.25, 0.3) is 0 Å². The number of hydrogen-bond donors (Lipinski definition) is 0. The molecule has 1 spiro atoms. The molecule has 0 radical (unpaired) electrons. The highest BCUT2D eigenvalue weighted by Crippen LogP contribution is 2.48. The van der Waals surface area contributed by atoms with Gasteiger partial charge in [-0.15, -0.1) is 0 Å². The van der Waals surface area contributed by atoms with E-state index in [4.69, 9.17) is 32.3 Å². The minimum Gasteiger partial charge on any atom is -0.362 e. The molecule has 0 N–H and O–H groups in total. The van der Waals surface area contributed by atoms with Crippen molar-refractivity contribution in [2.75, 3.05) is 25.1 Å². The summed E-state index contributed by atoms with van der Waals surface area (Å²) in [6.07, 6.45) is 1.81. The Kier molecular flexibility index (Phi) is 5.61. The summed E-state index contributed by atoms with van der Waals surface area (Å²) in [5, 5.41) is 1.22. The minimum atomic E-state index is -3.35. The maximum atomic E-state index is 12.2. The number of carbonyl (C=O) groups is 1. The summed E-state index contributed by atoms with van der Waals surface area (Å²) in [5.41, 5.74) is 4.68. The second kappa shape index (κ2) is 7.99. The molecule has 6 nitrogen and oxygen atoms in total. The zero-order valence-corrected chi connectivity index (χ0v) is 21.2. The lowest BCUT2D eigenvalue weighted by Gasteiger charge is -2.47. The van der Waals surface area contributed by atoms with E-state index in [-0.39, 0.29) is 10.7 Å². The van der Waals surface area contributed by atoms with Gasteiger partial charge in [-0.3, -0.25) is 4.79 Å². The molecule has 0 saturated carbocycles. The lowest BCUT2D eigenvalue weighted by Crippen LogP contribution is -2.62. The third-order valence-corrected chi connectivity index (χ3v) is 8.70. The van der Waals surface area contributed by atoms with Gasteiger partial charge < -0.3 is 9.64 Å². The van der Waals surface area contributed by atoms with E-state index < -0.39 is 21.2 Å². The van der Waals surface area contributed by atoms with E-state index in [9.17, 15) is 13.2 Å².